The van der Waals surface area contributed by atoms with E-state index in [0.29, 0.717) is 0 Å². The van der Waals surface area contributed by atoms with Gasteiger partial charge in [-0.3, -0.25) is 0 Å². The van der Waals surface area contributed by atoms with Gasteiger partial charge in [0, 0.05) is 0 Å². The molecule has 0 aliphatic rings. The Hall–Kier alpha value is 0.750. The van der Waals surface area contributed by atoms with Gasteiger partial charge >= 0.3 is 0 Å². The Morgan fingerprint density at radius 2 is 0.133 bits per heavy atom. The molecule has 120 heavy (non-hydrogen) atoms. The first-order valence-electron chi connectivity index (χ1n) is 56.8. The highest BCUT2D eigenvalue weighted by atomic mass is 35.5. The van der Waals surface area contributed by atoms with Crippen molar-refractivity contribution in [1.82, 2.24) is 0 Å². The molecular weight excluding hydrogens is 1520 g/mol. The third kappa shape index (κ3) is 125. The van der Waals surface area contributed by atoms with E-state index in [1.165, 1.54) is 669 Å². The lowest BCUT2D eigenvalue weighted by molar-refractivity contribution is -0.890. The minimum absolute atomic E-state index is 0. The molecule has 0 bridgehead atoms. The van der Waals surface area contributed by atoms with Gasteiger partial charge in [0.1, 0.15) is 0 Å². The number of nitrogens with zero attached hydrogens (tertiary/aromatic N) is 3. The van der Waals surface area contributed by atoms with Gasteiger partial charge in [-0.1, -0.05) is 581 Å². The first kappa shape index (κ1) is 132. The Bertz CT molecular complexity index is 1380. The van der Waals surface area contributed by atoms with E-state index in [4.69, 9.17) is 0 Å². The molecule has 0 aromatic heterocycles. The van der Waals surface area contributed by atoms with Crippen molar-refractivity contribution in [3.8, 4) is 0 Å². The molecule has 0 aliphatic heterocycles. The first-order chi connectivity index (χ1) is 57.4. The molecule has 0 aromatic carbocycles. The summed E-state index contributed by atoms with van der Waals surface area (Å²) in [7, 11) is 14.8. The molecule has 0 heterocycles. The molecule has 0 fully saturated rings. The molecule has 0 unspecified atom stereocenters. The number of rotatable bonds is 102. The Kier molecular flexibility index (Phi) is 127. The largest absolute Gasteiger partial charge is 1.00 e. The molecule has 0 rings (SSSR count). The SMILES string of the molecule is CCCCCCCCCCCCCCCCCC[N+](C)(C)CCCCCCCCCCCCCCCCCC.CCCCCCCCCCCCCCCCCC[N+](C)(C)CCCCCCCCCCCCCCCCCC.CCCCCCCCCCCCCCCCCC[N+](C)(C)CCCCCCCCCCCCCCCCCC.[Cl-].[Cl-].[Cl-]. The van der Waals surface area contributed by atoms with E-state index in [1.54, 1.807) is 0 Å². The minimum atomic E-state index is 0. The highest BCUT2D eigenvalue weighted by molar-refractivity contribution is 4.59. The van der Waals surface area contributed by atoms with Crippen LogP contribution in [0, 0.1) is 0 Å². The summed E-state index contributed by atoms with van der Waals surface area (Å²) in [6.45, 7) is 22.2. The fourth-order valence-electron chi connectivity index (χ4n) is 18.9. The Balaban J connectivity index is -0.000000401. The van der Waals surface area contributed by atoms with Gasteiger partial charge < -0.3 is 50.7 Å². The monoisotopic (exact) mass is 1760 g/mol. The predicted molar refractivity (Wildman–Crippen MR) is 543 cm³/mol. The van der Waals surface area contributed by atoms with Crippen molar-refractivity contribution in [2.24, 2.45) is 0 Å². The molecule has 0 saturated carbocycles. The maximum Gasteiger partial charge on any atom is 0.0782 e. The van der Waals surface area contributed by atoms with Crippen molar-refractivity contribution < 1.29 is 50.7 Å². The molecule has 3 nitrogen and oxygen atoms in total. The summed E-state index contributed by atoms with van der Waals surface area (Å²) in [6, 6.07) is 0. The van der Waals surface area contributed by atoms with Gasteiger partial charge in [-0.15, -0.1) is 0 Å². The standard InChI is InChI=1S/3C38H80N.3ClH/c3*1-5-7-9-11-13-15-17-19-21-23-25-27-29-31-33-35-37-39(3,4)38-36-34-32-30-28-26-24-22-20-18-16-14-12-10-8-6-2;;;/h3*5-38H2,1-4H3;3*1H/q3*+1;;;/p-3. The van der Waals surface area contributed by atoms with E-state index in [-0.39, 0.29) is 37.2 Å². The fourth-order valence-corrected chi connectivity index (χ4v) is 18.9. The van der Waals surface area contributed by atoms with E-state index >= 15 is 0 Å². The van der Waals surface area contributed by atoms with Crippen LogP contribution in [0.2, 0.25) is 0 Å². The summed E-state index contributed by atoms with van der Waals surface area (Å²) in [5.41, 5.74) is 0. The zero-order chi connectivity index (χ0) is 85.6. The van der Waals surface area contributed by atoms with Crippen LogP contribution in [0.4, 0.5) is 0 Å². The topological polar surface area (TPSA) is 0 Å². The molecule has 0 N–H and O–H groups in total. The van der Waals surface area contributed by atoms with Crippen molar-refractivity contribution >= 4 is 0 Å². The van der Waals surface area contributed by atoms with Gasteiger partial charge in [-0.25, -0.2) is 0 Å². The van der Waals surface area contributed by atoms with Crippen LogP contribution in [-0.2, 0) is 0 Å². The lowest BCUT2D eigenvalue weighted by Gasteiger charge is -2.30. The van der Waals surface area contributed by atoms with Crippen LogP contribution in [0.3, 0.4) is 0 Å². The van der Waals surface area contributed by atoms with Crippen molar-refractivity contribution in [2.45, 2.75) is 658 Å². The van der Waals surface area contributed by atoms with Crippen LogP contribution < -0.4 is 37.2 Å². The second kappa shape index (κ2) is 116. The molecule has 732 valence electrons. The third-order valence-corrected chi connectivity index (χ3v) is 27.7. The van der Waals surface area contributed by atoms with Crippen molar-refractivity contribution in [1.29, 1.82) is 0 Å². The lowest BCUT2D eigenvalue weighted by Crippen LogP contribution is -3.00. The molecule has 0 saturated heterocycles. The minimum Gasteiger partial charge on any atom is -1.00 e. The molecule has 0 aromatic rings. The van der Waals surface area contributed by atoms with Crippen molar-refractivity contribution in [3.05, 3.63) is 0 Å². The highest BCUT2D eigenvalue weighted by Gasteiger charge is 2.17. The average molecular weight is 1760 g/mol. The van der Waals surface area contributed by atoms with Crippen LogP contribution in [-0.4, -0.2) is 95.0 Å². The number of halogens is 3. The zero-order valence-electron chi connectivity index (χ0n) is 86.6. The van der Waals surface area contributed by atoms with Gasteiger partial charge in [0.15, 0.2) is 0 Å². The van der Waals surface area contributed by atoms with Gasteiger partial charge in [0.05, 0.1) is 81.6 Å². The lowest BCUT2D eigenvalue weighted by atomic mass is 10.0. The summed E-state index contributed by atoms with van der Waals surface area (Å²) in [5, 5.41) is 0. The normalized spacial score (nSPS) is 11.7. The molecule has 0 spiro atoms. The Morgan fingerprint density at radius 1 is 0.0833 bits per heavy atom. The third-order valence-electron chi connectivity index (χ3n) is 27.7. The number of hydrogen-bond acceptors (Lipinski definition) is 0. The molecule has 0 atom stereocenters. The van der Waals surface area contributed by atoms with Crippen molar-refractivity contribution in [2.75, 3.05) is 81.6 Å². The van der Waals surface area contributed by atoms with Crippen LogP contribution in [0.25, 0.3) is 0 Å². The summed E-state index contributed by atoms with van der Waals surface area (Å²) in [5.74, 6) is 0. The molecule has 6 heteroatoms. The number of unbranched alkanes of at least 4 members (excludes halogenated alkanes) is 90. The van der Waals surface area contributed by atoms with E-state index < -0.39 is 0 Å². The van der Waals surface area contributed by atoms with E-state index in [9.17, 15) is 0 Å². The molecule has 0 amide bonds. The quantitative estimate of drug-likeness (QED) is 0.0421. The number of quaternary nitrogens is 3. The first-order valence-corrected chi connectivity index (χ1v) is 56.8. The second-order valence-electron chi connectivity index (χ2n) is 42.0. The smallest absolute Gasteiger partial charge is 0.0782 e. The Labute approximate surface area is 784 Å². The zero-order valence-corrected chi connectivity index (χ0v) is 88.9. The predicted octanol–water partition coefficient (Wildman–Crippen LogP) is 31.8. The van der Waals surface area contributed by atoms with Crippen LogP contribution >= 0.6 is 0 Å². The van der Waals surface area contributed by atoms with Gasteiger partial charge in [0.25, 0.3) is 0 Å². The van der Waals surface area contributed by atoms with E-state index in [0.717, 1.165) is 0 Å². The van der Waals surface area contributed by atoms with Crippen LogP contribution in [0.5, 0.6) is 0 Å². The fraction of sp³-hybridized carbons (Fsp3) is 1.00. The maximum atomic E-state index is 2.47. The maximum absolute atomic E-state index is 2.47. The summed E-state index contributed by atoms with van der Waals surface area (Å²) in [6.07, 6.45) is 141. The molecular formula is C114H240Cl3N3. The molecule has 0 radical (unpaired) electrons. The highest BCUT2D eigenvalue weighted by Crippen LogP contribution is 2.23. The second-order valence-corrected chi connectivity index (χ2v) is 42.0. The molecule has 0 aliphatic carbocycles. The van der Waals surface area contributed by atoms with Gasteiger partial charge in [0.2, 0.25) is 0 Å². The van der Waals surface area contributed by atoms with Crippen LogP contribution in [0.15, 0.2) is 0 Å². The number of hydrogen-bond donors (Lipinski definition) is 0. The van der Waals surface area contributed by atoms with E-state index in [1.807, 2.05) is 0 Å². The Morgan fingerprint density at radius 3 is 0.192 bits per heavy atom. The van der Waals surface area contributed by atoms with Gasteiger partial charge in [-0.2, -0.15) is 0 Å². The van der Waals surface area contributed by atoms with E-state index in [2.05, 4.69) is 83.8 Å². The van der Waals surface area contributed by atoms with Gasteiger partial charge in [-0.05, 0) is 77.0 Å². The summed E-state index contributed by atoms with van der Waals surface area (Å²) in [4.78, 5) is 0. The summed E-state index contributed by atoms with van der Waals surface area (Å²) < 4.78 is 3.74. The van der Waals surface area contributed by atoms with Crippen molar-refractivity contribution in [3.63, 3.8) is 0 Å². The summed E-state index contributed by atoms with van der Waals surface area (Å²) >= 11 is 0. The average Bonchev–Trinajstić information content (AvgIpc) is 0.951. The van der Waals surface area contributed by atoms with Crippen LogP contribution in [0.1, 0.15) is 658 Å².